The average molecular weight is 434 g/mol. The Bertz CT molecular complexity index is 838. The number of rotatable bonds is 12. The van der Waals surface area contributed by atoms with Gasteiger partial charge in [-0.3, -0.25) is 9.69 Å². The first-order chi connectivity index (χ1) is 15.3. The number of carbonyl (C=O) groups is 1. The highest BCUT2D eigenvalue weighted by molar-refractivity contribution is 5.74. The Morgan fingerprint density at radius 3 is 2.12 bits per heavy atom. The van der Waals surface area contributed by atoms with Crippen molar-refractivity contribution in [1.29, 1.82) is 0 Å². The van der Waals surface area contributed by atoms with Crippen LogP contribution in [0.4, 0.5) is 0 Å². The summed E-state index contributed by atoms with van der Waals surface area (Å²) in [6.45, 7) is 16.6. The standard InChI is InChI=1S/C29H39NO2/c1-7-9-21-27(26(16-8-2)28(31)32-29(4,5)6)30(22-24-17-12-10-13-18-24)23(3)25-19-14-11-15-20-25/h7-8,10-15,17-20,23,26-27H,1-2,9,16,21-22H2,3-6H3/t23-,26+,27-/m0/s1. The first-order valence-corrected chi connectivity index (χ1v) is 11.6. The fourth-order valence-corrected chi connectivity index (χ4v) is 4.11. The van der Waals surface area contributed by atoms with Gasteiger partial charge in [-0.05, 0) is 58.1 Å². The van der Waals surface area contributed by atoms with Crippen LogP contribution in [-0.4, -0.2) is 22.5 Å². The van der Waals surface area contributed by atoms with Crippen molar-refractivity contribution in [2.75, 3.05) is 0 Å². The van der Waals surface area contributed by atoms with Crippen LogP contribution >= 0.6 is 0 Å². The number of ether oxygens (including phenoxy) is 1. The Labute approximate surface area is 194 Å². The summed E-state index contributed by atoms with van der Waals surface area (Å²) >= 11 is 0. The summed E-state index contributed by atoms with van der Waals surface area (Å²) in [5, 5.41) is 0. The molecule has 2 rings (SSSR count). The van der Waals surface area contributed by atoms with Gasteiger partial charge in [0.2, 0.25) is 0 Å². The van der Waals surface area contributed by atoms with Gasteiger partial charge in [-0.25, -0.2) is 0 Å². The summed E-state index contributed by atoms with van der Waals surface area (Å²) in [6.07, 6.45) is 5.99. The highest BCUT2D eigenvalue weighted by atomic mass is 16.6. The van der Waals surface area contributed by atoms with Crippen LogP contribution in [0.25, 0.3) is 0 Å². The number of allylic oxidation sites excluding steroid dienone is 2. The molecule has 0 aromatic heterocycles. The minimum Gasteiger partial charge on any atom is -0.460 e. The molecule has 2 aromatic carbocycles. The molecule has 0 aliphatic heterocycles. The van der Waals surface area contributed by atoms with Gasteiger partial charge in [0.25, 0.3) is 0 Å². The molecule has 0 aliphatic carbocycles. The molecule has 0 spiro atoms. The SMILES string of the molecule is C=CCC[C@@H]([C@@H](CC=C)C(=O)OC(C)(C)C)N(Cc1ccccc1)[C@@H](C)c1ccccc1. The molecule has 3 heteroatoms. The minimum atomic E-state index is -0.533. The van der Waals surface area contributed by atoms with Crippen LogP contribution < -0.4 is 0 Å². The molecule has 0 bridgehead atoms. The van der Waals surface area contributed by atoms with E-state index in [2.05, 4.69) is 73.5 Å². The summed E-state index contributed by atoms with van der Waals surface area (Å²) in [6, 6.07) is 21.0. The van der Waals surface area contributed by atoms with Crippen LogP contribution in [-0.2, 0) is 16.1 Å². The van der Waals surface area contributed by atoms with Crippen LogP contribution in [0.3, 0.4) is 0 Å². The molecule has 0 N–H and O–H groups in total. The molecule has 0 saturated heterocycles. The number of carbonyl (C=O) groups excluding carboxylic acids is 1. The summed E-state index contributed by atoms with van der Waals surface area (Å²) in [4.78, 5) is 15.8. The number of benzene rings is 2. The van der Waals surface area contributed by atoms with Gasteiger partial charge < -0.3 is 4.74 Å². The second kappa shape index (κ2) is 12.4. The third kappa shape index (κ3) is 7.80. The fraction of sp³-hybridized carbons (Fsp3) is 0.414. The maximum absolute atomic E-state index is 13.3. The van der Waals surface area contributed by atoms with Crippen LogP contribution in [0.2, 0.25) is 0 Å². The van der Waals surface area contributed by atoms with Gasteiger partial charge in [-0.2, -0.15) is 0 Å². The second-order valence-corrected chi connectivity index (χ2v) is 9.34. The van der Waals surface area contributed by atoms with E-state index in [1.54, 1.807) is 0 Å². The number of hydrogen-bond acceptors (Lipinski definition) is 3. The Hall–Kier alpha value is -2.65. The van der Waals surface area contributed by atoms with Crippen molar-refractivity contribution in [2.24, 2.45) is 5.92 Å². The lowest BCUT2D eigenvalue weighted by atomic mass is 9.88. The zero-order valence-electron chi connectivity index (χ0n) is 20.2. The summed E-state index contributed by atoms with van der Waals surface area (Å²) in [5.41, 5.74) is 1.92. The van der Waals surface area contributed by atoms with Gasteiger partial charge in [-0.1, -0.05) is 72.8 Å². The molecule has 0 fully saturated rings. The van der Waals surface area contributed by atoms with Crippen LogP contribution in [0.5, 0.6) is 0 Å². The Morgan fingerprint density at radius 1 is 1.00 bits per heavy atom. The smallest absolute Gasteiger partial charge is 0.311 e. The van der Waals surface area contributed by atoms with Crippen LogP contribution in [0.1, 0.15) is 64.1 Å². The zero-order valence-corrected chi connectivity index (χ0v) is 20.2. The first-order valence-electron chi connectivity index (χ1n) is 11.6. The quantitative estimate of drug-likeness (QED) is 0.264. The molecule has 0 aliphatic rings. The van der Waals surface area contributed by atoms with E-state index < -0.39 is 5.60 Å². The monoisotopic (exact) mass is 433 g/mol. The first kappa shape index (κ1) is 25.6. The maximum atomic E-state index is 13.3. The molecular formula is C29H39NO2. The molecule has 3 atom stereocenters. The molecule has 0 saturated carbocycles. The lowest BCUT2D eigenvalue weighted by molar-refractivity contribution is -0.163. The van der Waals surface area contributed by atoms with Crippen molar-refractivity contribution < 1.29 is 9.53 Å². The zero-order chi connectivity index (χ0) is 23.6. The lowest BCUT2D eigenvalue weighted by Crippen LogP contribution is -2.46. The second-order valence-electron chi connectivity index (χ2n) is 9.34. The van der Waals surface area contributed by atoms with Gasteiger partial charge in [-0.15, -0.1) is 13.2 Å². The van der Waals surface area contributed by atoms with Crippen molar-refractivity contribution in [2.45, 2.75) is 71.2 Å². The molecular weight excluding hydrogens is 394 g/mol. The maximum Gasteiger partial charge on any atom is 0.311 e. The lowest BCUT2D eigenvalue weighted by Gasteiger charge is -2.41. The third-order valence-corrected chi connectivity index (χ3v) is 5.67. The van der Waals surface area contributed by atoms with E-state index in [0.717, 1.165) is 19.4 Å². The molecule has 172 valence electrons. The van der Waals surface area contributed by atoms with Gasteiger partial charge in [0.1, 0.15) is 5.60 Å². The average Bonchev–Trinajstić information content (AvgIpc) is 2.77. The summed E-state index contributed by atoms with van der Waals surface area (Å²) in [7, 11) is 0. The van der Waals surface area contributed by atoms with E-state index in [4.69, 9.17) is 4.74 Å². The van der Waals surface area contributed by atoms with Crippen molar-refractivity contribution in [3.8, 4) is 0 Å². The fourth-order valence-electron chi connectivity index (χ4n) is 4.11. The normalized spacial score (nSPS) is 14.4. The molecule has 0 heterocycles. The van der Waals surface area contributed by atoms with E-state index in [1.165, 1.54) is 11.1 Å². The largest absolute Gasteiger partial charge is 0.460 e. The summed E-state index contributed by atoms with van der Waals surface area (Å²) < 4.78 is 5.86. The molecule has 32 heavy (non-hydrogen) atoms. The number of nitrogens with zero attached hydrogens (tertiary/aromatic N) is 1. The predicted octanol–water partition coefficient (Wildman–Crippen LogP) is 7.12. The van der Waals surface area contributed by atoms with E-state index in [0.29, 0.717) is 6.42 Å². The van der Waals surface area contributed by atoms with Crippen molar-refractivity contribution in [3.63, 3.8) is 0 Å². The Morgan fingerprint density at radius 2 is 1.59 bits per heavy atom. The highest BCUT2D eigenvalue weighted by Crippen LogP contribution is 2.33. The summed E-state index contributed by atoms with van der Waals surface area (Å²) in [5.74, 6) is -0.466. The molecule has 0 unspecified atom stereocenters. The van der Waals surface area contributed by atoms with Crippen LogP contribution in [0, 0.1) is 5.92 Å². The Kier molecular flexibility index (Phi) is 9.93. The van der Waals surface area contributed by atoms with E-state index >= 15 is 0 Å². The predicted molar refractivity (Wildman–Crippen MR) is 134 cm³/mol. The third-order valence-electron chi connectivity index (χ3n) is 5.67. The molecule has 0 amide bonds. The molecule has 2 aromatic rings. The van der Waals surface area contributed by atoms with Gasteiger partial charge in [0.15, 0.2) is 0 Å². The van der Waals surface area contributed by atoms with Crippen molar-refractivity contribution in [1.82, 2.24) is 4.90 Å². The highest BCUT2D eigenvalue weighted by Gasteiger charge is 2.36. The van der Waals surface area contributed by atoms with E-state index in [9.17, 15) is 4.79 Å². The number of hydrogen-bond donors (Lipinski definition) is 0. The van der Waals surface area contributed by atoms with Gasteiger partial charge >= 0.3 is 5.97 Å². The minimum absolute atomic E-state index is 0.0173. The molecule has 3 nitrogen and oxygen atoms in total. The molecule has 0 radical (unpaired) electrons. The van der Waals surface area contributed by atoms with Crippen molar-refractivity contribution >= 4 is 5.97 Å². The van der Waals surface area contributed by atoms with Gasteiger partial charge in [0.05, 0.1) is 5.92 Å². The number of esters is 1. The van der Waals surface area contributed by atoms with Crippen molar-refractivity contribution in [3.05, 3.63) is 97.1 Å². The topological polar surface area (TPSA) is 29.5 Å². The van der Waals surface area contributed by atoms with E-state index in [-0.39, 0.29) is 24.0 Å². The Balaban J connectivity index is 2.50. The van der Waals surface area contributed by atoms with Gasteiger partial charge in [0, 0.05) is 18.6 Å². The van der Waals surface area contributed by atoms with E-state index in [1.807, 2.05) is 45.1 Å². The van der Waals surface area contributed by atoms with Crippen LogP contribution in [0.15, 0.2) is 86.0 Å².